The number of carbonyl (C=O) groups is 1. The molecule has 0 N–H and O–H groups in total. The summed E-state index contributed by atoms with van der Waals surface area (Å²) in [4.78, 5) is 10.7. The van der Waals surface area contributed by atoms with E-state index in [2.05, 4.69) is 0 Å². The van der Waals surface area contributed by atoms with Crippen LogP contribution in [0.5, 0.6) is 0 Å². The van der Waals surface area contributed by atoms with Crippen LogP contribution >= 0.6 is 23.2 Å². The molecule has 4 heteroatoms. The number of halogens is 3. The number of fused-ring (bicyclic) bond motifs is 1. The van der Waals surface area contributed by atoms with Gasteiger partial charge in [-0.25, -0.2) is 4.39 Å². The first kappa shape index (κ1) is 10.7. The van der Waals surface area contributed by atoms with Crippen molar-refractivity contribution in [3.63, 3.8) is 0 Å². The van der Waals surface area contributed by atoms with Crippen molar-refractivity contribution in [2.24, 2.45) is 0 Å². The van der Waals surface area contributed by atoms with Crippen LogP contribution in [0, 0.1) is 5.82 Å². The van der Waals surface area contributed by atoms with Gasteiger partial charge >= 0.3 is 0 Å². The summed E-state index contributed by atoms with van der Waals surface area (Å²) in [6.07, 6.45) is 2.73. The van der Waals surface area contributed by atoms with Gasteiger partial charge in [-0.2, -0.15) is 0 Å². The van der Waals surface area contributed by atoms with Crippen molar-refractivity contribution in [2.45, 2.75) is 12.8 Å². The Kier molecular flexibility index (Phi) is 2.81. The molecule has 0 bridgehead atoms. The number of allylic oxidation sites excluding steroid dienone is 2. The molecule has 0 saturated carbocycles. The molecule has 1 aromatic rings. The predicted molar refractivity (Wildman–Crippen MR) is 58.6 cm³/mol. The molecular formula is C11H7Cl2FO. The van der Waals surface area contributed by atoms with Gasteiger partial charge in [-0.05, 0) is 53.3 Å². The fourth-order valence-electron chi connectivity index (χ4n) is 1.83. The Morgan fingerprint density at radius 3 is 2.80 bits per heavy atom. The molecule has 2 rings (SSSR count). The minimum absolute atomic E-state index is 0.395. The molecule has 1 aromatic carbocycles. The zero-order valence-electron chi connectivity index (χ0n) is 7.69. The fraction of sp³-hybridized carbons (Fsp3) is 0.182. The van der Waals surface area contributed by atoms with E-state index in [1.165, 1.54) is 18.2 Å². The zero-order valence-corrected chi connectivity index (χ0v) is 9.20. The van der Waals surface area contributed by atoms with Crippen LogP contribution in [0.3, 0.4) is 0 Å². The van der Waals surface area contributed by atoms with E-state index in [9.17, 15) is 9.18 Å². The van der Waals surface area contributed by atoms with Gasteiger partial charge < -0.3 is 0 Å². The number of benzene rings is 1. The van der Waals surface area contributed by atoms with Crippen LogP contribution in [0.25, 0.3) is 5.57 Å². The third-order valence-electron chi connectivity index (χ3n) is 2.44. The van der Waals surface area contributed by atoms with Crippen LogP contribution in [0.2, 0.25) is 5.02 Å². The van der Waals surface area contributed by atoms with Crippen LogP contribution in [0.1, 0.15) is 17.5 Å². The second kappa shape index (κ2) is 3.95. The minimum Gasteiger partial charge on any atom is -0.276 e. The summed E-state index contributed by atoms with van der Waals surface area (Å²) in [6.45, 7) is 0. The van der Waals surface area contributed by atoms with Gasteiger partial charge in [0, 0.05) is 11.1 Å². The maximum atomic E-state index is 13.1. The summed E-state index contributed by atoms with van der Waals surface area (Å²) >= 11 is 11.2. The lowest BCUT2D eigenvalue weighted by atomic mass is 10.1. The lowest BCUT2D eigenvalue weighted by molar-refractivity contribution is -0.107. The van der Waals surface area contributed by atoms with Crippen molar-refractivity contribution in [1.29, 1.82) is 0 Å². The molecule has 1 aliphatic carbocycles. The van der Waals surface area contributed by atoms with Crippen molar-refractivity contribution in [3.8, 4) is 0 Å². The maximum absolute atomic E-state index is 13.1. The van der Waals surface area contributed by atoms with Gasteiger partial charge in [0.15, 0.2) is 0 Å². The van der Waals surface area contributed by atoms with Crippen molar-refractivity contribution in [3.05, 3.63) is 40.2 Å². The second-order valence-electron chi connectivity index (χ2n) is 3.39. The quantitative estimate of drug-likeness (QED) is 0.546. The van der Waals surface area contributed by atoms with Gasteiger partial charge in [0.2, 0.25) is 5.24 Å². The molecule has 78 valence electrons. The highest BCUT2D eigenvalue weighted by Gasteiger charge is 2.20. The first-order valence-corrected chi connectivity index (χ1v) is 5.22. The second-order valence-corrected chi connectivity index (χ2v) is 4.17. The summed E-state index contributed by atoms with van der Waals surface area (Å²) in [5.41, 5.74) is 2.35. The SMILES string of the molecule is O=C(Cl)/C=C1/CCc2c(Cl)cc(F)cc21. The molecule has 0 unspecified atom stereocenters. The average Bonchev–Trinajstić information content (AvgIpc) is 2.48. The van der Waals surface area contributed by atoms with Crippen LogP contribution in [-0.4, -0.2) is 5.24 Å². The predicted octanol–water partition coefficient (Wildman–Crippen LogP) is 3.57. The lowest BCUT2D eigenvalue weighted by Gasteiger charge is -2.02. The minimum atomic E-state index is -0.543. The van der Waals surface area contributed by atoms with E-state index < -0.39 is 11.1 Å². The Hall–Kier alpha value is -0.860. The van der Waals surface area contributed by atoms with E-state index in [0.717, 1.165) is 17.6 Å². The number of hydrogen-bond donors (Lipinski definition) is 0. The van der Waals surface area contributed by atoms with Gasteiger partial charge in [0.25, 0.3) is 0 Å². The molecule has 0 aliphatic heterocycles. The highest BCUT2D eigenvalue weighted by atomic mass is 35.5. The number of hydrogen-bond acceptors (Lipinski definition) is 1. The Balaban J connectivity index is 2.55. The van der Waals surface area contributed by atoms with Gasteiger partial charge in [0.1, 0.15) is 5.82 Å². The zero-order chi connectivity index (χ0) is 11.0. The van der Waals surface area contributed by atoms with Crippen LogP contribution < -0.4 is 0 Å². The maximum Gasteiger partial charge on any atom is 0.245 e. The van der Waals surface area contributed by atoms with Crippen LogP contribution in [0.4, 0.5) is 4.39 Å². The van der Waals surface area contributed by atoms with E-state index >= 15 is 0 Å². The summed E-state index contributed by atoms with van der Waals surface area (Å²) in [6, 6.07) is 2.67. The summed E-state index contributed by atoms with van der Waals surface area (Å²) < 4.78 is 13.1. The van der Waals surface area contributed by atoms with Gasteiger partial charge in [-0.15, -0.1) is 0 Å². The first-order valence-electron chi connectivity index (χ1n) is 4.46. The van der Waals surface area contributed by atoms with Crippen molar-refractivity contribution in [2.75, 3.05) is 0 Å². The molecule has 0 saturated heterocycles. The Morgan fingerprint density at radius 1 is 1.40 bits per heavy atom. The Bertz CT molecular complexity index is 466. The molecule has 0 heterocycles. The molecule has 0 atom stereocenters. The van der Waals surface area contributed by atoms with Crippen LogP contribution in [0.15, 0.2) is 18.2 Å². The summed E-state index contributed by atoms with van der Waals surface area (Å²) in [7, 11) is 0. The third kappa shape index (κ3) is 2.06. The van der Waals surface area contributed by atoms with E-state index in [1.807, 2.05) is 0 Å². The molecule has 0 amide bonds. The fourth-order valence-corrected chi connectivity index (χ4v) is 2.26. The molecular weight excluding hydrogens is 238 g/mol. The number of carbonyl (C=O) groups excluding carboxylic acids is 1. The molecule has 1 aliphatic rings. The van der Waals surface area contributed by atoms with Crippen molar-refractivity contribution >= 4 is 34.0 Å². The normalized spacial score (nSPS) is 16.9. The van der Waals surface area contributed by atoms with Gasteiger partial charge in [-0.1, -0.05) is 11.6 Å². The van der Waals surface area contributed by atoms with Crippen molar-refractivity contribution < 1.29 is 9.18 Å². The highest BCUT2D eigenvalue weighted by Crippen LogP contribution is 2.37. The molecule has 15 heavy (non-hydrogen) atoms. The van der Waals surface area contributed by atoms with E-state index in [4.69, 9.17) is 23.2 Å². The van der Waals surface area contributed by atoms with Crippen molar-refractivity contribution in [1.82, 2.24) is 0 Å². The van der Waals surface area contributed by atoms with E-state index in [-0.39, 0.29) is 0 Å². The smallest absolute Gasteiger partial charge is 0.245 e. The number of rotatable bonds is 1. The average molecular weight is 245 g/mol. The molecule has 0 aromatic heterocycles. The third-order valence-corrected chi connectivity index (χ3v) is 2.88. The van der Waals surface area contributed by atoms with Gasteiger partial charge in [-0.3, -0.25) is 4.79 Å². The topological polar surface area (TPSA) is 17.1 Å². The van der Waals surface area contributed by atoms with Crippen LogP contribution in [-0.2, 0) is 11.2 Å². The van der Waals surface area contributed by atoms with Gasteiger partial charge in [0.05, 0.1) is 0 Å². The Morgan fingerprint density at radius 2 is 2.13 bits per heavy atom. The highest BCUT2D eigenvalue weighted by molar-refractivity contribution is 6.67. The lowest BCUT2D eigenvalue weighted by Crippen LogP contribution is -1.87. The largest absolute Gasteiger partial charge is 0.276 e. The molecule has 0 fully saturated rings. The summed E-state index contributed by atoms with van der Waals surface area (Å²) in [5, 5.41) is -0.131. The molecule has 0 radical (unpaired) electrons. The first-order chi connectivity index (χ1) is 7.08. The molecule has 0 spiro atoms. The van der Waals surface area contributed by atoms with E-state index in [1.54, 1.807) is 0 Å². The monoisotopic (exact) mass is 244 g/mol. The molecule has 1 nitrogen and oxygen atoms in total. The summed E-state index contributed by atoms with van der Waals surface area (Å²) in [5.74, 6) is -0.395. The van der Waals surface area contributed by atoms with E-state index in [0.29, 0.717) is 17.0 Å². The Labute approximate surface area is 96.5 Å². The standard InChI is InChI=1S/C11H7Cl2FO/c12-10-5-7(14)4-9-6(3-11(13)15)1-2-8(9)10/h3-5H,1-2H2/b6-3-.